The first-order valence-corrected chi connectivity index (χ1v) is 6.26. The van der Waals surface area contributed by atoms with Crippen LogP contribution in [0.3, 0.4) is 0 Å². The van der Waals surface area contributed by atoms with Crippen molar-refractivity contribution in [2.75, 3.05) is 0 Å². The van der Waals surface area contributed by atoms with Crippen LogP contribution in [0, 0.1) is 11.3 Å². The Labute approximate surface area is 114 Å². The van der Waals surface area contributed by atoms with Gasteiger partial charge in [0.15, 0.2) is 5.78 Å². The summed E-state index contributed by atoms with van der Waals surface area (Å²) >= 11 is 3.38. The van der Waals surface area contributed by atoms with Crippen molar-refractivity contribution >= 4 is 21.7 Å². The molecule has 2 aromatic rings. The fraction of sp³-hybridized carbons (Fsp3) is 0.0667. The molecule has 0 unspecified atom stereocenters. The van der Waals surface area contributed by atoms with Gasteiger partial charge in [0.1, 0.15) is 0 Å². The van der Waals surface area contributed by atoms with Crippen LogP contribution in [0.2, 0.25) is 0 Å². The minimum absolute atomic E-state index is 0.0187. The average molecular weight is 300 g/mol. The third-order valence-electron chi connectivity index (χ3n) is 2.57. The van der Waals surface area contributed by atoms with E-state index in [0.717, 1.165) is 10.0 Å². The van der Waals surface area contributed by atoms with Crippen LogP contribution in [-0.2, 0) is 6.42 Å². The third-order valence-corrected chi connectivity index (χ3v) is 3.06. The topological polar surface area (TPSA) is 40.9 Å². The maximum Gasteiger partial charge on any atom is 0.167 e. The number of rotatable bonds is 3. The van der Waals surface area contributed by atoms with E-state index < -0.39 is 0 Å². The summed E-state index contributed by atoms with van der Waals surface area (Å²) < 4.78 is 0.957. The lowest BCUT2D eigenvalue weighted by Crippen LogP contribution is -2.03. The Balaban J connectivity index is 2.20. The first-order chi connectivity index (χ1) is 8.69. The molecule has 2 nitrogen and oxygen atoms in total. The predicted octanol–water partition coefficient (Wildman–Crippen LogP) is 3.75. The standard InChI is InChI=1S/C15H10BrNO/c16-14-6-2-3-11(8-14)9-15(18)13-5-1-4-12(7-13)10-17/h1-8H,9H2. The van der Waals surface area contributed by atoms with E-state index in [-0.39, 0.29) is 5.78 Å². The van der Waals surface area contributed by atoms with Crippen LogP contribution in [0.15, 0.2) is 53.0 Å². The molecule has 88 valence electrons. The van der Waals surface area contributed by atoms with E-state index in [1.54, 1.807) is 24.3 Å². The van der Waals surface area contributed by atoms with Gasteiger partial charge in [-0.2, -0.15) is 5.26 Å². The maximum atomic E-state index is 12.1. The van der Waals surface area contributed by atoms with E-state index in [0.29, 0.717) is 17.5 Å². The minimum Gasteiger partial charge on any atom is -0.294 e. The monoisotopic (exact) mass is 299 g/mol. The largest absolute Gasteiger partial charge is 0.294 e. The molecule has 0 atom stereocenters. The van der Waals surface area contributed by atoms with E-state index in [9.17, 15) is 4.79 Å². The summed E-state index contributed by atoms with van der Waals surface area (Å²) in [5, 5.41) is 8.80. The molecule has 0 N–H and O–H groups in total. The van der Waals surface area contributed by atoms with Gasteiger partial charge in [0, 0.05) is 16.5 Å². The number of ketones is 1. The molecule has 18 heavy (non-hydrogen) atoms. The summed E-state index contributed by atoms with van der Waals surface area (Å²) in [6.07, 6.45) is 0.342. The molecule has 2 aromatic carbocycles. The molecule has 0 fully saturated rings. The highest BCUT2D eigenvalue weighted by molar-refractivity contribution is 9.10. The van der Waals surface area contributed by atoms with Gasteiger partial charge in [-0.25, -0.2) is 0 Å². The van der Waals surface area contributed by atoms with Gasteiger partial charge >= 0.3 is 0 Å². The van der Waals surface area contributed by atoms with Gasteiger partial charge in [0.25, 0.3) is 0 Å². The summed E-state index contributed by atoms with van der Waals surface area (Å²) in [7, 11) is 0. The molecule has 0 aliphatic heterocycles. The zero-order valence-electron chi connectivity index (χ0n) is 9.56. The molecule has 0 saturated carbocycles. The Kier molecular flexibility index (Phi) is 3.91. The zero-order valence-corrected chi connectivity index (χ0v) is 11.1. The van der Waals surface area contributed by atoms with E-state index in [1.807, 2.05) is 30.3 Å². The molecule has 0 aromatic heterocycles. The van der Waals surface area contributed by atoms with Crippen LogP contribution >= 0.6 is 15.9 Å². The highest BCUT2D eigenvalue weighted by atomic mass is 79.9. The second-order valence-corrected chi connectivity index (χ2v) is 4.84. The molecule has 0 aliphatic rings. The predicted molar refractivity (Wildman–Crippen MR) is 73.3 cm³/mol. The van der Waals surface area contributed by atoms with Crippen LogP contribution < -0.4 is 0 Å². The molecule has 2 rings (SSSR count). The summed E-state index contributed by atoms with van der Waals surface area (Å²) in [6.45, 7) is 0. The van der Waals surface area contributed by atoms with E-state index in [1.165, 1.54) is 0 Å². The summed E-state index contributed by atoms with van der Waals surface area (Å²) in [5.74, 6) is 0.0187. The molecular weight excluding hydrogens is 290 g/mol. The SMILES string of the molecule is N#Cc1cccc(C(=O)Cc2cccc(Br)c2)c1. The normalized spacial score (nSPS) is 9.78. The fourth-order valence-electron chi connectivity index (χ4n) is 1.70. The molecule has 0 amide bonds. The lowest BCUT2D eigenvalue weighted by molar-refractivity contribution is 0.0993. The molecule has 0 spiro atoms. The van der Waals surface area contributed by atoms with Crippen molar-refractivity contribution in [2.45, 2.75) is 6.42 Å². The third kappa shape index (κ3) is 3.06. The smallest absolute Gasteiger partial charge is 0.167 e. The number of halogens is 1. The van der Waals surface area contributed by atoms with Gasteiger partial charge in [-0.1, -0.05) is 40.2 Å². The Morgan fingerprint density at radius 1 is 1.17 bits per heavy atom. The summed E-state index contributed by atoms with van der Waals surface area (Å²) in [4.78, 5) is 12.1. The van der Waals surface area contributed by atoms with Crippen LogP contribution in [0.25, 0.3) is 0 Å². The maximum absolute atomic E-state index is 12.1. The van der Waals surface area contributed by atoms with Gasteiger partial charge in [0.05, 0.1) is 11.6 Å². The van der Waals surface area contributed by atoms with Gasteiger partial charge in [-0.3, -0.25) is 4.79 Å². The van der Waals surface area contributed by atoms with Crippen molar-refractivity contribution < 1.29 is 4.79 Å². The highest BCUT2D eigenvalue weighted by Gasteiger charge is 2.07. The number of nitriles is 1. The summed E-state index contributed by atoms with van der Waals surface area (Å²) in [6, 6.07) is 16.5. The first-order valence-electron chi connectivity index (χ1n) is 5.47. The summed E-state index contributed by atoms with van der Waals surface area (Å²) in [5.41, 5.74) is 2.04. The van der Waals surface area contributed by atoms with Crippen molar-refractivity contribution in [1.82, 2.24) is 0 Å². The molecule has 0 heterocycles. The van der Waals surface area contributed by atoms with Gasteiger partial charge < -0.3 is 0 Å². The number of nitrogens with zero attached hydrogens (tertiary/aromatic N) is 1. The number of benzene rings is 2. The Morgan fingerprint density at radius 3 is 2.67 bits per heavy atom. The van der Waals surface area contributed by atoms with Crippen LogP contribution in [0.1, 0.15) is 21.5 Å². The van der Waals surface area contributed by atoms with E-state index >= 15 is 0 Å². The van der Waals surface area contributed by atoms with Gasteiger partial charge in [-0.05, 0) is 29.8 Å². The van der Waals surface area contributed by atoms with Crippen molar-refractivity contribution in [3.8, 4) is 6.07 Å². The Morgan fingerprint density at radius 2 is 1.94 bits per heavy atom. The van der Waals surface area contributed by atoms with Crippen molar-refractivity contribution in [3.05, 3.63) is 69.7 Å². The second kappa shape index (κ2) is 5.61. The zero-order chi connectivity index (χ0) is 13.0. The second-order valence-electron chi connectivity index (χ2n) is 3.92. The minimum atomic E-state index is 0.0187. The highest BCUT2D eigenvalue weighted by Crippen LogP contribution is 2.14. The van der Waals surface area contributed by atoms with E-state index in [4.69, 9.17) is 5.26 Å². The first kappa shape index (κ1) is 12.5. The quantitative estimate of drug-likeness (QED) is 0.810. The Bertz CT molecular complexity index is 628. The van der Waals surface area contributed by atoms with Crippen molar-refractivity contribution in [3.63, 3.8) is 0 Å². The van der Waals surface area contributed by atoms with Crippen LogP contribution in [0.4, 0.5) is 0 Å². The van der Waals surface area contributed by atoms with Crippen LogP contribution in [0.5, 0.6) is 0 Å². The van der Waals surface area contributed by atoms with E-state index in [2.05, 4.69) is 15.9 Å². The Hall–Kier alpha value is -1.92. The van der Waals surface area contributed by atoms with Gasteiger partial charge in [-0.15, -0.1) is 0 Å². The fourth-order valence-corrected chi connectivity index (χ4v) is 2.14. The molecule has 0 saturated heterocycles. The van der Waals surface area contributed by atoms with Crippen LogP contribution in [-0.4, -0.2) is 5.78 Å². The van der Waals surface area contributed by atoms with Crippen molar-refractivity contribution in [1.29, 1.82) is 5.26 Å². The lowest BCUT2D eigenvalue weighted by atomic mass is 10.0. The number of hydrogen-bond acceptors (Lipinski definition) is 2. The van der Waals surface area contributed by atoms with Gasteiger partial charge in [0.2, 0.25) is 0 Å². The number of hydrogen-bond donors (Lipinski definition) is 0. The lowest BCUT2D eigenvalue weighted by Gasteiger charge is -2.02. The number of carbonyl (C=O) groups is 1. The molecule has 0 radical (unpaired) electrons. The number of carbonyl (C=O) groups excluding carboxylic acids is 1. The molecule has 3 heteroatoms. The molecular formula is C15H10BrNO. The van der Waals surface area contributed by atoms with Crippen molar-refractivity contribution in [2.24, 2.45) is 0 Å². The average Bonchev–Trinajstić information content (AvgIpc) is 2.39. The number of Topliss-reactive ketones (excluding diaryl/α,β-unsaturated/α-hetero) is 1. The molecule has 0 aliphatic carbocycles. The molecule has 0 bridgehead atoms.